The first-order chi connectivity index (χ1) is 13.9. The van der Waals surface area contributed by atoms with Crippen LogP contribution >= 0.6 is 23.1 Å². The van der Waals surface area contributed by atoms with Crippen molar-refractivity contribution in [3.8, 4) is 0 Å². The third kappa shape index (κ3) is 7.26. The van der Waals surface area contributed by atoms with E-state index in [1.54, 1.807) is 36.0 Å². The molecule has 0 atom stereocenters. The van der Waals surface area contributed by atoms with E-state index in [2.05, 4.69) is 15.5 Å². The lowest BCUT2D eigenvalue weighted by atomic mass is 10.2. The molecule has 0 aliphatic rings. The molecule has 0 saturated heterocycles. The third-order valence-electron chi connectivity index (χ3n) is 3.90. The summed E-state index contributed by atoms with van der Waals surface area (Å²) in [6.45, 7) is 2.03. The van der Waals surface area contributed by atoms with Crippen molar-refractivity contribution in [2.24, 2.45) is 0 Å². The number of carbonyl (C=O) groups excluding carboxylic acids is 1. The predicted molar refractivity (Wildman–Crippen MR) is 118 cm³/mol. The number of anilines is 1. The number of thioether (sulfide) groups is 1. The molecule has 1 amide bonds. The van der Waals surface area contributed by atoms with Gasteiger partial charge >= 0.3 is 0 Å². The van der Waals surface area contributed by atoms with Gasteiger partial charge in [0.05, 0.1) is 5.75 Å². The largest absolute Gasteiger partial charge is 0.301 e. The fourth-order valence-corrected chi connectivity index (χ4v) is 5.92. The maximum Gasteiger partial charge on any atom is 0.227 e. The fourth-order valence-electron chi connectivity index (χ4n) is 2.51. The number of rotatable bonds is 9. The first-order valence-electron chi connectivity index (χ1n) is 8.96. The minimum atomic E-state index is -3.36. The fraction of sp³-hybridized carbons (Fsp3) is 0.250. The molecule has 0 bridgehead atoms. The van der Waals surface area contributed by atoms with Gasteiger partial charge in [0.15, 0.2) is 9.84 Å². The van der Waals surface area contributed by atoms with Gasteiger partial charge in [-0.1, -0.05) is 59.4 Å². The molecular formula is C20H21N3O3S3. The molecule has 0 saturated carbocycles. The number of aryl methyl sites for hydroxylation is 1. The molecule has 0 radical (unpaired) electrons. The highest BCUT2D eigenvalue weighted by molar-refractivity contribution is 7.99. The van der Waals surface area contributed by atoms with E-state index in [1.807, 2.05) is 37.3 Å². The van der Waals surface area contributed by atoms with Gasteiger partial charge in [0.2, 0.25) is 11.0 Å². The highest BCUT2D eigenvalue weighted by Gasteiger charge is 2.17. The Bertz CT molecular complexity index is 1050. The van der Waals surface area contributed by atoms with Crippen molar-refractivity contribution in [3.63, 3.8) is 0 Å². The summed E-state index contributed by atoms with van der Waals surface area (Å²) in [6, 6.07) is 17.1. The highest BCUT2D eigenvalue weighted by atomic mass is 32.2. The predicted octanol–water partition coefficient (Wildman–Crippen LogP) is 4.08. The van der Waals surface area contributed by atoms with Crippen molar-refractivity contribution >= 4 is 44.0 Å². The first kappa shape index (κ1) is 21.5. The molecule has 1 aromatic heterocycles. The SMILES string of the molecule is Cc1ccc(SCCC(=O)Nc2nnc(CS(=O)(=O)Cc3ccccc3)s2)cc1. The molecule has 6 nitrogen and oxygen atoms in total. The Morgan fingerprint density at radius 3 is 2.48 bits per heavy atom. The lowest BCUT2D eigenvalue weighted by molar-refractivity contribution is -0.115. The van der Waals surface area contributed by atoms with E-state index in [0.717, 1.165) is 21.8 Å². The van der Waals surface area contributed by atoms with Gasteiger partial charge in [-0.15, -0.1) is 22.0 Å². The Hall–Kier alpha value is -2.23. The molecule has 3 rings (SSSR count). The summed E-state index contributed by atoms with van der Waals surface area (Å²) in [4.78, 5) is 13.2. The molecule has 0 aliphatic heterocycles. The first-order valence-corrected chi connectivity index (χ1v) is 12.6. The molecule has 3 aromatic rings. The van der Waals surface area contributed by atoms with Crippen LogP contribution in [0.1, 0.15) is 22.6 Å². The van der Waals surface area contributed by atoms with Gasteiger partial charge in [-0.25, -0.2) is 8.42 Å². The van der Waals surface area contributed by atoms with Crippen LogP contribution in [0, 0.1) is 6.92 Å². The van der Waals surface area contributed by atoms with Crippen LogP contribution in [0.25, 0.3) is 0 Å². The average Bonchev–Trinajstić information content (AvgIpc) is 3.09. The number of amides is 1. The second kappa shape index (κ2) is 10.00. The number of aromatic nitrogens is 2. The van der Waals surface area contributed by atoms with Crippen LogP contribution in [0.15, 0.2) is 59.5 Å². The summed E-state index contributed by atoms with van der Waals surface area (Å²) >= 11 is 2.70. The monoisotopic (exact) mass is 447 g/mol. The normalized spacial score (nSPS) is 11.3. The Morgan fingerprint density at radius 1 is 1.03 bits per heavy atom. The zero-order chi connectivity index (χ0) is 20.7. The molecule has 29 heavy (non-hydrogen) atoms. The van der Waals surface area contributed by atoms with E-state index in [1.165, 1.54) is 5.56 Å². The molecular weight excluding hydrogens is 426 g/mol. The van der Waals surface area contributed by atoms with E-state index in [0.29, 0.717) is 22.3 Å². The standard InChI is InChI=1S/C20H21N3O3S3/c1-15-7-9-17(10-8-15)27-12-11-18(24)21-20-23-22-19(28-20)14-29(25,26)13-16-5-3-2-4-6-16/h2-10H,11-14H2,1H3,(H,21,23,24). The summed E-state index contributed by atoms with van der Waals surface area (Å²) < 4.78 is 24.7. The molecule has 0 unspecified atom stereocenters. The molecule has 1 heterocycles. The van der Waals surface area contributed by atoms with Crippen molar-refractivity contribution in [1.82, 2.24) is 10.2 Å². The number of hydrogen-bond donors (Lipinski definition) is 1. The molecule has 9 heteroatoms. The lowest BCUT2D eigenvalue weighted by Crippen LogP contribution is -2.11. The summed E-state index contributed by atoms with van der Waals surface area (Å²) in [5.74, 6) is 0.232. The maximum absolute atomic E-state index is 12.3. The minimum Gasteiger partial charge on any atom is -0.301 e. The van der Waals surface area contributed by atoms with Crippen molar-refractivity contribution in [1.29, 1.82) is 0 Å². The number of benzene rings is 2. The molecule has 0 fully saturated rings. The molecule has 0 spiro atoms. The van der Waals surface area contributed by atoms with Gasteiger partial charge in [0.1, 0.15) is 10.8 Å². The molecule has 0 aliphatic carbocycles. The molecule has 1 N–H and O–H groups in total. The minimum absolute atomic E-state index is 0.0503. The van der Waals surface area contributed by atoms with Crippen LogP contribution in [0.5, 0.6) is 0 Å². The zero-order valence-electron chi connectivity index (χ0n) is 15.9. The third-order valence-corrected chi connectivity index (χ3v) is 7.43. The van der Waals surface area contributed by atoms with E-state index < -0.39 is 9.84 Å². The number of nitrogens with one attached hydrogen (secondary N) is 1. The Kier molecular flexibility index (Phi) is 7.40. The highest BCUT2D eigenvalue weighted by Crippen LogP contribution is 2.21. The van der Waals surface area contributed by atoms with Crippen LogP contribution in [-0.4, -0.2) is 30.3 Å². The Labute approximate surface area is 178 Å². The van der Waals surface area contributed by atoms with Crippen LogP contribution in [-0.2, 0) is 26.1 Å². The zero-order valence-corrected chi connectivity index (χ0v) is 18.3. The topological polar surface area (TPSA) is 89.0 Å². The van der Waals surface area contributed by atoms with Crippen LogP contribution in [0.2, 0.25) is 0 Å². The molecule has 152 valence electrons. The quantitative estimate of drug-likeness (QED) is 0.497. The lowest BCUT2D eigenvalue weighted by Gasteiger charge is -2.03. The number of sulfone groups is 1. The number of hydrogen-bond acceptors (Lipinski definition) is 7. The van der Waals surface area contributed by atoms with Gasteiger partial charge < -0.3 is 5.32 Å². The van der Waals surface area contributed by atoms with Gasteiger partial charge in [-0.2, -0.15) is 0 Å². The van der Waals surface area contributed by atoms with E-state index >= 15 is 0 Å². The van der Waals surface area contributed by atoms with Gasteiger partial charge in [-0.05, 0) is 24.6 Å². The summed E-state index contributed by atoms with van der Waals surface area (Å²) in [5, 5.41) is 11.2. The maximum atomic E-state index is 12.3. The average molecular weight is 448 g/mol. The summed E-state index contributed by atoms with van der Waals surface area (Å²) in [7, 11) is -3.36. The smallest absolute Gasteiger partial charge is 0.227 e. The van der Waals surface area contributed by atoms with Crippen LogP contribution in [0.4, 0.5) is 5.13 Å². The number of carbonyl (C=O) groups is 1. The van der Waals surface area contributed by atoms with Crippen molar-refractivity contribution in [2.75, 3.05) is 11.1 Å². The van der Waals surface area contributed by atoms with Gasteiger partial charge in [-0.3, -0.25) is 4.79 Å². The van der Waals surface area contributed by atoms with Crippen molar-refractivity contribution in [2.45, 2.75) is 29.7 Å². The van der Waals surface area contributed by atoms with Gasteiger partial charge in [0.25, 0.3) is 0 Å². The Balaban J connectivity index is 1.46. The number of nitrogens with zero attached hydrogens (tertiary/aromatic N) is 2. The summed E-state index contributed by atoms with van der Waals surface area (Å²) in [5.41, 5.74) is 1.93. The second-order valence-corrected chi connectivity index (χ2v) is 10.8. The second-order valence-electron chi connectivity index (χ2n) is 6.48. The van der Waals surface area contributed by atoms with Crippen LogP contribution in [0.3, 0.4) is 0 Å². The van der Waals surface area contributed by atoms with Crippen molar-refractivity contribution < 1.29 is 13.2 Å². The van der Waals surface area contributed by atoms with E-state index in [-0.39, 0.29) is 17.4 Å². The van der Waals surface area contributed by atoms with E-state index in [9.17, 15) is 13.2 Å². The van der Waals surface area contributed by atoms with E-state index in [4.69, 9.17) is 0 Å². The molecule has 2 aromatic carbocycles. The summed E-state index contributed by atoms with van der Waals surface area (Å²) in [6.07, 6.45) is 0.333. The van der Waals surface area contributed by atoms with Crippen LogP contribution < -0.4 is 5.32 Å². The van der Waals surface area contributed by atoms with Crippen molar-refractivity contribution in [3.05, 3.63) is 70.7 Å². The van der Waals surface area contributed by atoms with Gasteiger partial charge in [0, 0.05) is 17.1 Å². The Morgan fingerprint density at radius 2 is 1.76 bits per heavy atom.